The zero-order valence-electron chi connectivity index (χ0n) is 19.0. The molecule has 1 N–H and O–H groups in total. The predicted octanol–water partition coefficient (Wildman–Crippen LogP) is 3.44. The third kappa shape index (κ3) is 5.27. The Balaban J connectivity index is 1.58. The van der Waals surface area contributed by atoms with E-state index < -0.39 is 5.91 Å². The summed E-state index contributed by atoms with van der Waals surface area (Å²) < 4.78 is 12.7. The molecule has 0 unspecified atom stereocenters. The molecule has 4 rings (SSSR count). The van der Waals surface area contributed by atoms with E-state index in [9.17, 15) is 14.9 Å². The van der Waals surface area contributed by atoms with Crippen molar-refractivity contribution in [1.29, 1.82) is 5.26 Å². The van der Waals surface area contributed by atoms with Gasteiger partial charge in [0.05, 0.1) is 19.8 Å². The van der Waals surface area contributed by atoms with E-state index in [1.807, 2.05) is 48.0 Å². The fourth-order valence-corrected chi connectivity index (χ4v) is 3.91. The average molecular weight is 459 g/mol. The second-order valence-corrected chi connectivity index (χ2v) is 7.81. The Labute approximate surface area is 198 Å². The van der Waals surface area contributed by atoms with Gasteiger partial charge in [0, 0.05) is 47.5 Å². The van der Waals surface area contributed by atoms with Crippen LogP contribution in [-0.4, -0.2) is 54.2 Å². The second-order valence-electron chi connectivity index (χ2n) is 7.81. The Morgan fingerprint density at radius 1 is 1.18 bits per heavy atom. The molecule has 2 heterocycles. The van der Waals surface area contributed by atoms with Gasteiger partial charge in [0.1, 0.15) is 23.9 Å². The highest BCUT2D eigenvalue weighted by atomic mass is 16.5. The molecule has 8 nitrogen and oxygen atoms in total. The highest BCUT2D eigenvalue weighted by Crippen LogP contribution is 2.25. The lowest BCUT2D eigenvalue weighted by Gasteiger charge is -2.27. The number of rotatable bonds is 7. The number of carbonyl (C=O) groups is 2. The molecule has 0 bridgehead atoms. The van der Waals surface area contributed by atoms with Crippen molar-refractivity contribution >= 4 is 34.5 Å². The Morgan fingerprint density at radius 3 is 2.74 bits per heavy atom. The van der Waals surface area contributed by atoms with E-state index in [0.29, 0.717) is 49.9 Å². The number of benzene rings is 2. The van der Waals surface area contributed by atoms with E-state index in [0.717, 1.165) is 10.9 Å². The Bertz CT molecular complexity index is 1270. The molecule has 1 aliphatic rings. The molecule has 0 spiro atoms. The summed E-state index contributed by atoms with van der Waals surface area (Å²) in [5.74, 6) is 0.125. The van der Waals surface area contributed by atoms with Gasteiger partial charge in [-0.3, -0.25) is 9.59 Å². The van der Waals surface area contributed by atoms with Crippen molar-refractivity contribution < 1.29 is 19.1 Å². The molecule has 1 fully saturated rings. The van der Waals surface area contributed by atoms with Crippen molar-refractivity contribution in [2.75, 3.05) is 38.2 Å². The molecular formula is C26H26N4O4. The number of fused-ring (bicyclic) bond motifs is 1. The molecule has 2 aromatic carbocycles. The first-order chi connectivity index (χ1) is 16.6. The molecule has 174 valence electrons. The third-order valence-electron chi connectivity index (χ3n) is 5.56. The number of ether oxygens (including phenoxy) is 2. The summed E-state index contributed by atoms with van der Waals surface area (Å²) in [6.07, 6.45) is 3.36. The molecule has 0 aliphatic carbocycles. The van der Waals surface area contributed by atoms with Crippen LogP contribution in [0.25, 0.3) is 17.0 Å². The van der Waals surface area contributed by atoms with Gasteiger partial charge in [-0.25, -0.2) is 0 Å². The highest BCUT2D eigenvalue weighted by molar-refractivity contribution is 6.10. The first-order valence-corrected chi connectivity index (χ1v) is 11.2. The van der Waals surface area contributed by atoms with Crippen molar-refractivity contribution in [3.63, 3.8) is 0 Å². The first-order valence-electron chi connectivity index (χ1n) is 11.2. The summed E-state index contributed by atoms with van der Waals surface area (Å²) in [5, 5.41) is 13.3. The molecule has 1 aliphatic heterocycles. The smallest absolute Gasteiger partial charge is 0.266 e. The lowest BCUT2D eigenvalue weighted by molar-refractivity contribution is -0.135. The lowest BCUT2D eigenvalue weighted by atomic mass is 10.1. The van der Waals surface area contributed by atoms with E-state index in [-0.39, 0.29) is 18.0 Å². The van der Waals surface area contributed by atoms with E-state index in [1.165, 1.54) is 0 Å². The van der Waals surface area contributed by atoms with Gasteiger partial charge in [-0.15, -0.1) is 0 Å². The number of hydrogen-bond acceptors (Lipinski definition) is 5. The maximum absolute atomic E-state index is 12.8. The number of para-hydroxylation sites is 1. The van der Waals surface area contributed by atoms with Crippen LogP contribution in [-0.2, 0) is 20.9 Å². The van der Waals surface area contributed by atoms with Gasteiger partial charge in [0.15, 0.2) is 0 Å². The van der Waals surface area contributed by atoms with Crippen LogP contribution < -0.4 is 10.1 Å². The number of morpholine rings is 1. The van der Waals surface area contributed by atoms with Gasteiger partial charge < -0.3 is 24.3 Å². The summed E-state index contributed by atoms with van der Waals surface area (Å²) in [4.78, 5) is 27.4. The van der Waals surface area contributed by atoms with E-state index in [1.54, 1.807) is 35.2 Å². The molecular weight excluding hydrogens is 432 g/mol. The van der Waals surface area contributed by atoms with Crippen LogP contribution in [0, 0.1) is 11.3 Å². The topological polar surface area (TPSA) is 96.6 Å². The van der Waals surface area contributed by atoms with Gasteiger partial charge in [0.2, 0.25) is 5.91 Å². The Hall–Kier alpha value is -4.09. The minimum Gasteiger partial charge on any atom is -0.494 e. The van der Waals surface area contributed by atoms with Crippen LogP contribution in [0.1, 0.15) is 12.5 Å². The van der Waals surface area contributed by atoms with Gasteiger partial charge in [-0.05, 0) is 31.2 Å². The molecule has 34 heavy (non-hydrogen) atoms. The standard InChI is InChI=1S/C26H26N4O4/c1-2-34-22-7-5-6-21(15-22)28-26(32)19(16-27)14-20-17-30(24-9-4-3-8-23(20)24)18-25(31)29-10-12-33-13-11-29/h3-9,14-15,17H,2,10-13,18H2,1H3,(H,28,32). The van der Waals surface area contributed by atoms with Crippen molar-refractivity contribution in [3.8, 4) is 11.8 Å². The minimum absolute atomic E-state index is 0.00649. The monoisotopic (exact) mass is 458 g/mol. The number of amides is 2. The Kier molecular flexibility index (Phi) is 7.25. The van der Waals surface area contributed by atoms with Crippen molar-refractivity contribution in [2.45, 2.75) is 13.5 Å². The number of aromatic nitrogens is 1. The van der Waals surface area contributed by atoms with Gasteiger partial charge in [-0.1, -0.05) is 24.3 Å². The van der Waals surface area contributed by atoms with Crippen LogP contribution in [0.4, 0.5) is 5.69 Å². The fourth-order valence-electron chi connectivity index (χ4n) is 3.91. The molecule has 1 aromatic heterocycles. The number of carbonyl (C=O) groups excluding carboxylic acids is 2. The van der Waals surface area contributed by atoms with Gasteiger partial charge in [-0.2, -0.15) is 5.26 Å². The molecule has 2 amide bonds. The largest absolute Gasteiger partial charge is 0.494 e. The van der Waals surface area contributed by atoms with Crippen LogP contribution in [0.3, 0.4) is 0 Å². The third-order valence-corrected chi connectivity index (χ3v) is 5.56. The van der Waals surface area contributed by atoms with Crippen molar-refractivity contribution in [3.05, 3.63) is 65.9 Å². The predicted molar refractivity (Wildman–Crippen MR) is 129 cm³/mol. The van der Waals surface area contributed by atoms with Gasteiger partial charge >= 0.3 is 0 Å². The number of anilines is 1. The molecule has 0 saturated carbocycles. The Morgan fingerprint density at radius 2 is 1.97 bits per heavy atom. The summed E-state index contributed by atoms with van der Waals surface area (Å²) in [6, 6.07) is 16.6. The van der Waals surface area contributed by atoms with Crippen LogP contribution in [0.5, 0.6) is 5.75 Å². The number of nitrogens with one attached hydrogen (secondary N) is 1. The zero-order chi connectivity index (χ0) is 23.9. The summed E-state index contributed by atoms with van der Waals surface area (Å²) >= 11 is 0. The SMILES string of the molecule is CCOc1cccc(NC(=O)C(C#N)=Cc2cn(CC(=O)N3CCOCC3)c3ccccc23)c1. The molecule has 8 heteroatoms. The normalized spacial score (nSPS) is 14.0. The van der Waals surface area contributed by atoms with Crippen molar-refractivity contribution in [2.24, 2.45) is 0 Å². The van der Waals surface area contributed by atoms with Crippen LogP contribution in [0.15, 0.2) is 60.3 Å². The minimum atomic E-state index is -0.516. The van der Waals surface area contributed by atoms with Gasteiger partial charge in [0.25, 0.3) is 5.91 Å². The summed E-state index contributed by atoms with van der Waals surface area (Å²) in [6.45, 7) is 4.81. The number of nitriles is 1. The maximum atomic E-state index is 12.8. The van der Waals surface area contributed by atoms with Crippen molar-refractivity contribution in [1.82, 2.24) is 9.47 Å². The zero-order valence-corrected chi connectivity index (χ0v) is 19.0. The number of hydrogen-bond donors (Lipinski definition) is 1. The first kappa shape index (κ1) is 23.1. The fraction of sp³-hybridized carbons (Fsp3) is 0.269. The molecule has 1 saturated heterocycles. The average Bonchev–Trinajstić information content (AvgIpc) is 3.20. The van der Waals surface area contributed by atoms with Crippen LogP contribution in [0.2, 0.25) is 0 Å². The molecule has 3 aromatic rings. The van der Waals surface area contributed by atoms with E-state index in [2.05, 4.69) is 5.32 Å². The molecule has 0 atom stereocenters. The summed E-state index contributed by atoms with van der Waals surface area (Å²) in [5.41, 5.74) is 2.05. The number of nitrogens with zero attached hydrogens (tertiary/aromatic N) is 3. The second kappa shape index (κ2) is 10.7. The highest BCUT2D eigenvalue weighted by Gasteiger charge is 2.19. The van der Waals surface area contributed by atoms with E-state index in [4.69, 9.17) is 9.47 Å². The van der Waals surface area contributed by atoms with E-state index >= 15 is 0 Å². The quantitative estimate of drug-likeness (QED) is 0.432. The lowest BCUT2D eigenvalue weighted by Crippen LogP contribution is -2.42. The van der Waals surface area contributed by atoms with Crippen LogP contribution >= 0.6 is 0 Å². The summed E-state index contributed by atoms with van der Waals surface area (Å²) in [7, 11) is 0. The molecule has 0 radical (unpaired) electrons. The maximum Gasteiger partial charge on any atom is 0.266 e.